The first-order chi connectivity index (χ1) is 58.3. The molecule has 4 aliphatic carbocycles. The summed E-state index contributed by atoms with van der Waals surface area (Å²) in [4.78, 5) is 65.4. The summed E-state index contributed by atoms with van der Waals surface area (Å²) in [5, 5.41) is 98.9. The number of carbonyl (C=O) groups excluding carboxylic acids is 3. The van der Waals surface area contributed by atoms with Gasteiger partial charge in [0.25, 0.3) is 0 Å². The van der Waals surface area contributed by atoms with Crippen molar-refractivity contribution in [1.82, 2.24) is 90.7 Å². The minimum absolute atomic E-state index is 0.111. The number of nitrogens with one attached hydrogen (secondary N) is 7. The Bertz CT molecular complexity index is 4700. The number of nitrogen functional groups attached to an aromatic ring is 1. The molecule has 4 saturated heterocycles. The lowest BCUT2D eigenvalue weighted by Gasteiger charge is -2.34. The summed E-state index contributed by atoms with van der Waals surface area (Å²) in [5.74, 6) is 3.98. The summed E-state index contributed by atoms with van der Waals surface area (Å²) in [5.41, 5.74) is 10.7. The molecule has 0 spiro atoms. The number of nitrogens with two attached hydrogens (primary N) is 1. The molecule has 11 N–H and O–H groups in total. The predicted molar refractivity (Wildman–Crippen MR) is 453 cm³/mol. The number of amides is 3. The first-order valence-corrected chi connectivity index (χ1v) is 41.3. The number of ether oxygens (including phenoxy) is 7. The quantitative estimate of drug-likeness (QED) is 0.0251. The highest BCUT2D eigenvalue weighted by Gasteiger charge is 2.36. The molecule has 3 amide bonds. The molecule has 7 aromatic rings. The van der Waals surface area contributed by atoms with E-state index in [1.807, 2.05) is 92.7 Å². The molecule has 4 unspecified atom stereocenters. The van der Waals surface area contributed by atoms with Crippen molar-refractivity contribution in [3.8, 4) is 18.2 Å². The average molecular weight is 1740 g/mol. The molecule has 7 aromatic heterocycles. The van der Waals surface area contributed by atoms with Crippen molar-refractivity contribution < 1.29 is 57.6 Å². The van der Waals surface area contributed by atoms with Crippen LogP contribution in [0.25, 0.3) is 0 Å². The van der Waals surface area contributed by atoms with Crippen molar-refractivity contribution in [2.45, 2.75) is 178 Å². The summed E-state index contributed by atoms with van der Waals surface area (Å²) in [6.07, 6.45) is 15.9. The second kappa shape index (κ2) is 44.8. The van der Waals surface area contributed by atoms with Gasteiger partial charge in [0.2, 0.25) is 0 Å². The number of nitrogens with zero attached hydrogens (tertiary/aromatic N) is 20. The van der Waals surface area contributed by atoms with Gasteiger partial charge in [-0.15, -0.1) is 25.5 Å². The normalized spacial score (nSPS) is 18.6. The molecule has 40 nitrogen and oxygen atoms in total. The Morgan fingerprint density at radius 1 is 0.475 bits per heavy atom. The topological polar surface area (TPSA) is 528 Å². The molecule has 44 heteroatoms. The van der Waals surface area contributed by atoms with E-state index < -0.39 is 23.9 Å². The van der Waals surface area contributed by atoms with Crippen LogP contribution in [-0.2, 0) is 33.2 Å². The third-order valence-electron chi connectivity index (χ3n) is 18.4. The lowest BCUT2D eigenvalue weighted by atomic mass is 9.84. The van der Waals surface area contributed by atoms with Gasteiger partial charge in [0, 0.05) is 101 Å². The number of carbonyl (C=O) groups is 3. The number of hydrogen-bond donors (Lipinski definition) is 10. The van der Waals surface area contributed by atoms with Crippen LogP contribution in [0.4, 0.5) is 66.2 Å². The van der Waals surface area contributed by atoms with Crippen molar-refractivity contribution >= 4 is 112 Å². The van der Waals surface area contributed by atoms with E-state index in [1.54, 1.807) is 26.8 Å². The van der Waals surface area contributed by atoms with Gasteiger partial charge in [-0.05, 0) is 107 Å². The van der Waals surface area contributed by atoms with Crippen LogP contribution in [0.3, 0.4) is 0 Å². The average Bonchev–Trinajstić information content (AvgIpc) is 1.68. The van der Waals surface area contributed by atoms with E-state index in [-0.39, 0.29) is 75.9 Å². The molecule has 4 saturated carbocycles. The molecule has 4 aliphatic heterocycles. The molecular formula is C78H104BCl3N28O12. The lowest BCUT2D eigenvalue weighted by Crippen LogP contribution is -2.49. The Morgan fingerprint density at radius 2 is 0.836 bits per heavy atom. The number of aromatic nitrogens is 14. The number of nitriles is 3. The molecule has 4 atom stereocenters. The Morgan fingerprint density at radius 3 is 1.17 bits per heavy atom. The number of hydrogen-bond acceptors (Lipinski definition) is 37. The maximum Gasteiger partial charge on any atom is 0.454 e. The van der Waals surface area contributed by atoms with Crippen LogP contribution in [0.15, 0.2) is 61.4 Å². The Kier molecular flexibility index (Phi) is 34.3. The standard InChI is InChI=1S/C22H28N8O3.C17H25ClN4O3.C17H20N8O.C14H20Cl2N4O3.C5H4N4.C3H7BO2/c1-22(2,3)33-21(31)30-6-7-32-16(13-30)11-25-17-8-18(28-29-20(17)14-4-5-14)27-19-12-24-15(9-23)10-26-19;1-17(2,3)25-16(23)22-6-7-24-12(10-22)9-19-13-8-14(18)20-21-15(13)11-4-5-11;18-6-12-7-22-16(10-20-12)23-15-5-14(17(25-24-15)11-1-2-11)21-9-13-8-19-3-4-26-13;1-14(2,3)23-13(21)20-4-5-22-9(8-20)7-17-10-6-11(15)18-19-12(10)16;6-1-4-2-9-5(7)3-8-4;5-4(6)3-1-2-3/h8,10,12,14,16H,4-7,11,13H2,1-3H3,(H2,25,26,27,28);8,11-12H,4-7,9-10H2,1-3H3,(H,19,20);5,7,10-11,13,19H,1-4,8-9H2,(H2,21,22,23,24);6,9H,4-5,7-8H2,1-3H3,(H,17,18);2-3H,(H2,7,9);3,5-6H,1-2H2. The summed E-state index contributed by atoms with van der Waals surface area (Å²) in [7, 11) is -1.04. The van der Waals surface area contributed by atoms with Gasteiger partial charge in [-0.25, -0.2) is 44.3 Å². The summed E-state index contributed by atoms with van der Waals surface area (Å²) in [6.45, 7) is 25.8. The van der Waals surface area contributed by atoms with E-state index in [9.17, 15) is 14.4 Å². The van der Waals surface area contributed by atoms with Crippen molar-refractivity contribution in [2.75, 3.05) is 143 Å². The summed E-state index contributed by atoms with van der Waals surface area (Å²) in [6, 6.07) is 12.9. The van der Waals surface area contributed by atoms with Gasteiger partial charge in [-0.1, -0.05) is 47.6 Å². The lowest BCUT2D eigenvalue weighted by molar-refractivity contribution is -0.0373. The molecule has 8 aliphatic rings. The molecule has 652 valence electrons. The molecule has 15 rings (SSSR count). The Labute approximate surface area is 722 Å². The number of anilines is 9. The minimum atomic E-state index is -1.04. The molecule has 122 heavy (non-hydrogen) atoms. The smallest absolute Gasteiger partial charge is 0.444 e. The highest BCUT2D eigenvalue weighted by Crippen LogP contribution is 2.45. The van der Waals surface area contributed by atoms with Crippen LogP contribution in [0.2, 0.25) is 21.3 Å². The van der Waals surface area contributed by atoms with Gasteiger partial charge in [0.1, 0.15) is 52.5 Å². The third-order valence-corrected chi connectivity index (χ3v) is 19.0. The van der Waals surface area contributed by atoms with Crippen LogP contribution in [-0.4, -0.2) is 267 Å². The highest BCUT2D eigenvalue weighted by atomic mass is 35.5. The monoisotopic (exact) mass is 1740 g/mol. The first-order valence-electron chi connectivity index (χ1n) is 40.2. The van der Waals surface area contributed by atoms with E-state index in [0.717, 1.165) is 105 Å². The van der Waals surface area contributed by atoms with Crippen molar-refractivity contribution in [2.24, 2.45) is 0 Å². The summed E-state index contributed by atoms with van der Waals surface area (Å²) < 4.78 is 39.3. The number of halogens is 3. The van der Waals surface area contributed by atoms with Crippen LogP contribution < -0.4 is 43.0 Å². The largest absolute Gasteiger partial charge is 0.454 e. The van der Waals surface area contributed by atoms with E-state index in [4.69, 9.17) is 99.5 Å². The SMILES string of the molecule is CC(C)(C)OC(=O)N1CCOC(CNc2cc(Cl)nnc2C2CC2)C1.CC(C)(C)OC(=O)N1CCOC(CNc2cc(Cl)nnc2Cl)C1.CC(C)(C)OC(=O)N1CCOC(CNc2cc(Nc3cnc(C#N)cn3)nnc2C2CC2)C1.N#Cc1cnc(N)cn1.N#Cc1cnc(Nc2cc(NCC3CNCCO3)c(C3CC3)nn2)cn1.OB(O)C1CC1. The van der Waals surface area contributed by atoms with Gasteiger partial charge < -0.3 is 101 Å². The third kappa shape index (κ3) is 32.5. The van der Waals surface area contributed by atoms with E-state index in [0.29, 0.717) is 143 Å². The zero-order valence-electron chi connectivity index (χ0n) is 69.6. The van der Waals surface area contributed by atoms with E-state index >= 15 is 0 Å². The molecule has 8 fully saturated rings. The molecule has 11 heterocycles. The van der Waals surface area contributed by atoms with E-state index in [1.165, 1.54) is 37.2 Å². The van der Waals surface area contributed by atoms with Crippen molar-refractivity contribution in [3.05, 3.63) is 111 Å². The van der Waals surface area contributed by atoms with Gasteiger partial charge in [-0.3, -0.25) is 0 Å². The fraction of sp³-hybridized carbons (Fsp3) is 0.564. The molecular weight excluding hydrogens is 1640 g/mol. The van der Waals surface area contributed by atoms with Crippen molar-refractivity contribution in [1.29, 1.82) is 15.8 Å². The van der Waals surface area contributed by atoms with Crippen LogP contribution in [0.5, 0.6) is 0 Å². The summed E-state index contributed by atoms with van der Waals surface area (Å²) >= 11 is 17.7. The van der Waals surface area contributed by atoms with Gasteiger partial charge in [0.15, 0.2) is 44.2 Å². The van der Waals surface area contributed by atoms with Gasteiger partial charge in [0.05, 0.1) is 147 Å². The maximum atomic E-state index is 12.4. The van der Waals surface area contributed by atoms with E-state index in [2.05, 4.69) is 108 Å². The Balaban J connectivity index is 0.000000162. The Hall–Kier alpha value is -10.9. The van der Waals surface area contributed by atoms with Crippen molar-refractivity contribution in [3.63, 3.8) is 0 Å². The van der Waals surface area contributed by atoms with Crippen LogP contribution >= 0.6 is 34.8 Å². The first kappa shape index (κ1) is 93.4. The molecule has 0 bridgehead atoms. The van der Waals surface area contributed by atoms with Crippen LogP contribution in [0, 0.1) is 34.0 Å². The zero-order chi connectivity index (χ0) is 87.5. The zero-order valence-corrected chi connectivity index (χ0v) is 71.8. The second-order valence-electron chi connectivity index (χ2n) is 32.4. The fourth-order valence-corrected chi connectivity index (χ4v) is 12.2. The predicted octanol–water partition coefficient (Wildman–Crippen LogP) is 9.41. The highest BCUT2D eigenvalue weighted by molar-refractivity contribution is 6.44. The number of rotatable bonds is 20. The maximum absolute atomic E-state index is 12.4. The second-order valence-corrected chi connectivity index (χ2v) is 33.6. The van der Waals surface area contributed by atoms with Gasteiger partial charge in [-0.2, -0.15) is 31.1 Å². The molecule has 0 aromatic carbocycles. The number of morpholine rings is 4. The van der Waals surface area contributed by atoms with Crippen LogP contribution in [0.1, 0.15) is 166 Å². The minimum Gasteiger partial charge on any atom is -0.444 e. The molecule has 0 radical (unpaired) electrons. The van der Waals surface area contributed by atoms with Gasteiger partial charge >= 0.3 is 25.4 Å². The fourth-order valence-electron chi connectivity index (χ4n) is 11.8.